The van der Waals surface area contributed by atoms with Crippen LogP contribution in [0, 0.1) is 15.9 Å². The molecule has 0 saturated heterocycles. The lowest BCUT2D eigenvalue weighted by molar-refractivity contribution is -0.384. The van der Waals surface area contributed by atoms with Crippen LogP contribution in [0.25, 0.3) is 11.1 Å². The number of halogens is 1. The van der Waals surface area contributed by atoms with Gasteiger partial charge < -0.3 is 10.1 Å². The third-order valence-corrected chi connectivity index (χ3v) is 3.98. The summed E-state index contributed by atoms with van der Waals surface area (Å²) in [4.78, 5) is 33.8. The van der Waals surface area contributed by atoms with Crippen molar-refractivity contribution in [1.82, 2.24) is 0 Å². The molecule has 1 heterocycles. The Morgan fingerprint density at radius 3 is 2.72 bits per heavy atom. The molecule has 25 heavy (non-hydrogen) atoms. The first-order valence-electron chi connectivity index (χ1n) is 7.40. The zero-order chi connectivity index (χ0) is 18.1. The largest absolute Gasteiger partial charge is 0.465 e. The van der Waals surface area contributed by atoms with Gasteiger partial charge >= 0.3 is 5.97 Å². The van der Waals surface area contributed by atoms with E-state index < -0.39 is 16.7 Å². The minimum Gasteiger partial charge on any atom is -0.465 e. The van der Waals surface area contributed by atoms with E-state index in [4.69, 9.17) is 0 Å². The van der Waals surface area contributed by atoms with Crippen LogP contribution in [0.2, 0.25) is 0 Å². The summed E-state index contributed by atoms with van der Waals surface area (Å²) in [5, 5.41) is 13.8. The van der Waals surface area contributed by atoms with E-state index >= 15 is 0 Å². The Kier molecular flexibility index (Phi) is 4.18. The average molecular weight is 344 g/mol. The fourth-order valence-corrected chi connectivity index (χ4v) is 2.86. The van der Waals surface area contributed by atoms with E-state index in [0.29, 0.717) is 17.7 Å². The highest BCUT2D eigenvalue weighted by atomic mass is 19.1. The Bertz CT molecular complexity index is 910. The number of methoxy groups -OCH3 is 1. The maximum absolute atomic E-state index is 14.5. The first-order valence-corrected chi connectivity index (χ1v) is 7.40. The summed E-state index contributed by atoms with van der Waals surface area (Å²) in [5.74, 6) is -1.53. The normalized spacial score (nSPS) is 13.0. The topological polar surface area (TPSA) is 98.5 Å². The molecule has 0 aliphatic carbocycles. The molecule has 1 amide bonds. The van der Waals surface area contributed by atoms with E-state index in [0.717, 1.165) is 13.2 Å². The minimum atomic E-state index is -0.761. The number of fused-ring (bicyclic) bond motifs is 1. The van der Waals surface area contributed by atoms with Gasteiger partial charge in [0.2, 0.25) is 5.91 Å². The Morgan fingerprint density at radius 1 is 1.28 bits per heavy atom. The summed E-state index contributed by atoms with van der Waals surface area (Å²) in [6.45, 7) is 0. The number of hydrogen-bond acceptors (Lipinski definition) is 5. The van der Waals surface area contributed by atoms with Gasteiger partial charge in [-0.3, -0.25) is 14.9 Å². The molecule has 1 aliphatic rings. The molecule has 0 aromatic heterocycles. The predicted molar refractivity (Wildman–Crippen MR) is 86.8 cm³/mol. The Morgan fingerprint density at radius 2 is 2.04 bits per heavy atom. The van der Waals surface area contributed by atoms with E-state index in [-0.39, 0.29) is 34.7 Å². The van der Waals surface area contributed by atoms with Gasteiger partial charge in [0, 0.05) is 29.8 Å². The number of rotatable bonds is 3. The molecule has 0 bridgehead atoms. The molecule has 0 unspecified atom stereocenters. The number of nitrogens with zero attached hydrogens (tertiary/aromatic N) is 1. The van der Waals surface area contributed by atoms with Gasteiger partial charge in [-0.05, 0) is 35.7 Å². The standard InChI is InChI=1S/C17H13FN2O5/c1-25-17(22)10-6-9(7-11(8-10)20(23)24)16-12-2-5-15(21)19-14(12)4-3-13(16)18/h3-4,6-8H,2,5H2,1H3,(H,19,21). The summed E-state index contributed by atoms with van der Waals surface area (Å²) in [6, 6.07) is 6.24. The number of non-ortho nitro benzene ring substituents is 1. The molecule has 128 valence electrons. The van der Waals surface area contributed by atoms with Crippen molar-refractivity contribution in [1.29, 1.82) is 0 Å². The van der Waals surface area contributed by atoms with Crippen LogP contribution < -0.4 is 5.32 Å². The summed E-state index contributed by atoms with van der Waals surface area (Å²) in [7, 11) is 1.15. The molecule has 1 N–H and O–H groups in total. The average Bonchev–Trinajstić information content (AvgIpc) is 2.60. The number of nitro benzene ring substituents is 1. The lowest BCUT2D eigenvalue weighted by Gasteiger charge is -2.21. The van der Waals surface area contributed by atoms with Crippen LogP contribution in [-0.4, -0.2) is 23.9 Å². The van der Waals surface area contributed by atoms with Crippen molar-refractivity contribution in [3.05, 3.63) is 57.4 Å². The quantitative estimate of drug-likeness (QED) is 0.524. The number of esters is 1. The second kappa shape index (κ2) is 6.31. The van der Waals surface area contributed by atoms with E-state index in [1.807, 2.05) is 0 Å². The second-order valence-electron chi connectivity index (χ2n) is 5.51. The smallest absolute Gasteiger partial charge is 0.338 e. The van der Waals surface area contributed by atoms with E-state index in [2.05, 4.69) is 10.1 Å². The van der Waals surface area contributed by atoms with Crippen LogP contribution in [-0.2, 0) is 16.0 Å². The number of anilines is 1. The van der Waals surface area contributed by atoms with Crippen LogP contribution in [0.15, 0.2) is 30.3 Å². The molecule has 0 radical (unpaired) electrons. The maximum atomic E-state index is 14.5. The third kappa shape index (κ3) is 3.06. The van der Waals surface area contributed by atoms with Gasteiger partial charge in [-0.1, -0.05) is 0 Å². The lowest BCUT2D eigenvalue weighted by atomic mass is 9.91. The van der Waals surface area contributed by atoms with Crippen molar-refractivity contribution in [2.24, 2.45) is 0 Å². The van der Waals surface area contributed by atoms with Crippen LogP contribution >= 0.6 is 0 Å². The van der Waals surface area contributed by atoms with Gasteiger partial charge in [0.05, 0.1) is 17.6 Å². The van der Waals surface area contributed by atoms with Crippen LogP contribution in [0.5, 0.6) is 0 Å². The SMILES string of the molecule is COC(=O)c1cc(-c2c(F)ccc3c2CCC(=O)N3)cc([N+](=O)[O-])c1. The summed E-state index contributed by atoms with van der Waals surface area (Å²) in [6.07, 6.45) is 0.479. The zero-order valence-corrected chi connectivity index (χ0v) is 13.2. The fraction of sp³-hybridized carbons (Fsp3) is 0.176. The number of amides is 1. The molecular weight excluding hydrogens is 331 g/mol. The first kappa shape index (κ1) is 16.6. The number of carbonyl (C=O) groups excluding carboxylic acids is 2. The molecule has 2 aromatic carbocycles. The summed E-state index contributed by atoms with van der Waals surface area (Å²) in [5.41, 5.74) is 0.902. The van der Waals surface area contributed by atoms with Crippen molar-refractivity contribution in [3.8, 4) is 11.1 Å². The highest BCUT2D eigenvalue weighted by Crippen LogP contribution is 2.37. The number of nitro groups is 1. The molecule has 0 fully saturated rings. The van der Waals surface area contributed by atoms with Crippen molar-refractivity contribution in [3.63, 3.8) is 0 Å². The molecule has 1 aliphatic heterocycles. The molecule has 2 aromatic rings. The molecule has 7 nitrogen and oxygen atoms in total. The van der Waals surface area contributed by atoms with Gasteiger partial charge in [-0.25, -0.2) is 9.18 Å². The van der Waals surface area contributed by atoms with Crippen molar-refractivity contribution >= 4 is 23.3 Å². The number of benzene rings is 2. The lowest BCUT2D eigenvalue weighted by Crippen LogP contribution is -2.20. The van der Waals surface area contributed by atoms with E-state index in [9.17, 15) is 24.1 Å². The molecule has 0 saturated carbocycles. The Labute approximate surface area is 141 Å². The summed E-state index contributed by atoms with van der Waals surface area (Å²) < 4.78 is 19.1. The molecule has 8 heteroatoms. The monoisotopic (exact) mass is 344 g/mol. The summed E-state index contributed by atoms with van der Waals surface area (Å²) >= 11 is 0. The van der Waals surface area contributed by atoms with Crippen LogP contribution in [0.1, 0.15) is 22.3 Å². The predicted octanol–water partition coefficient (Wildman–Crippen LogP) is 3.07. The fourth-order valence-electron chi connectivity index (χ4n) is 2.86. The number of carbonyl (C=O) groups is 2. The Hall–Kier alpha value is -3.29. The molecule has 0 atom stereocenters. The second-order valence-corrected chi connectivity index (χ2v) is 5.51. The van der Waals surface area contributed by atoms with Gasteiger partial charge in [0.15, 0.2) is 0 Å². The Balaban J connectivity index is 2.24. The number of hydrogen-bond donors (Lipinski definition) is 1. The highest BCUT2D eigenvalue weighted by Gasteiger charge is 2.24. The van der Waals surface area contributed by atoms with Crippen molar-refractivity contribution < 1.29 is 23.6 Å². The molecule has 0 spiro atoms. The highest BCUT2D eigenvalue weighted by molar-refractivity contribution is 5.97. The number of ether oxygens (including phenoxy) is 1. The van der Waals surface area contributed by atoms with Gasteiger partial charge in [-0.15, -0.1) is 0 Å². The van der Waals surface area contributed by atoms with Gasteiger partial charge in [-0.2, -0.15) is 0 Å². The van der Waals surface area contributed by atoms with E-state index in [1.54, 1.807) is 0 Å². The number of nitrogens with one attached hydrogen (secondary N) is 1. The minimum absolute atomic E-state index is 0.0523. The zero-order valence-electron chi connectivity index (χ0n) is 13.2. The molecular formula is C17H13FN2O5. The van der Waals surface area contributed by atoms with Gasteiger partial charge in [0.25, 0.3) is 5.69 Å². The molecule has 3 rings (SSSR count). The van der Waals surface area contributed by atoms with Crippen molar-refractivity contribution in [2.45, 2.75) is 12.8 Å². The first-order chi connectivity index (χ1) is 11.9. The van der Waals surface area contributed by atoms with Crippen molar-refractivity contribution in [2.75, 3.05) is 12.4 Å². The van der Waals surface area contributed by atoms with Gasteiger partial charge in [0.1, 0.15) is 5.82 Å². The van der Waals surface area contributed by atoms with Crippen LogP contribution in [0.3, 0.4) is 0 Å². The van der Waals surface area contributed by atoms with E-state index in [1.165, 1.54) is 24.3 Å². The van der Waals surface area contributed by atoms with Crippen LogP contribution in [0.4, 0.5) is 15.8 Å². The maximum Gasteiger partial charge on any atom is 0.338 e. The third-order valence-electron chi connectivity index (χ3n) is 3.98.